The first-order valence-corrected chi connectivity index (χ1v) is 13.1. The van der Waals surface area contributed by atoms with Gasteiger partial charge in [-0.25, -0.2) is 18.7 Å². The van der Waals surface area contributed by atoms with Crippen LogP contribution in [0.15, 0.2) is 24.3 Å². The first-order valence-electron chi connectivity index (χ1n) is 12.7. The third kappa shape index (κ3) is 6.98. The Bertz CT molecular complexity index is 1010. The Morgan fingerprint density at radius 3 is 2.83 bits per heavy atom. The average Bonchev–Trinajstić information content (AvgIpc) is 2.82. The fraction of sp³-hybridized carbons (Fsp3) is 0.593. The normalized spacial score (nSPS) is 21.6. The number of rotatable bonds is 8. The fourth-order valence-corrected chi connectivity index (χ4v) is 5.40. The molecule has 2 aromatic rings. The summed E-state index contributed by atoms with van der Waals surface area (Å²) in [5.74, 6) is 1.51. The van der Waals surface area contributed by atoms with Gasteiger partial charge in [0.2, 0.25) is 5.28 Å². The van der Waals surface area contributed by atoms with Crippen LogP contribution in [0.2, 0.25) is 5.28 Å². The van der Waals surface area contributed by atoms with E-state index in [1.165, 1.54) is 12.1 Å². The van der Waals surface area contributed by atoms with Crippen molar-refractivity contribution in [3.63, 3.8) is 0 Å². The Labute approximate surface area is 211 Å². The number of alkyl halides is 2. The third-order valence-electron chi connectivity index (χ3n) is 7.32. The van der Waals surface area contributed by atoms with Crippen LogP contribution in [0.25, 0.3) is 0 Å². The quantitative estimate of drug-likeness (QED) is 0.395. The third-order valence-corrected chi connectivity index (χ3v) is 7.49. The molecule has 0 amide bonds. The largest absolute Gasteiger partial charge is 0.381 e. The summed E-state index contributed by atoms with van der Waals surface area (Å²) in [5.41, 5.74) is 2.71. The lowest BCUT2D eigenvalue weighted by Gasteiger charge is -2.27. The zero-order valence-corrected chi connectivity index (χ0v) is 21.0. The van der Waals surface area contributed by atoms with Gasteiger partial charge in [0, 0.05) is 42.7 Å². The highest BCUT2D eigenvalue weighted by molar-refractivity contribution is 6.28. The molecule has 1 N–H and O–H groups in total. The predicted molar refractivity (Wildman–Crippen MR) is 133 cm³/mol. The number of carbonyl (C=O) groups is 1. The van der Waals surface area contributed by atoms with Crippen LogP contribution in [0.3, 0.4) is 0 Å². The van der Waals surface area contributed by atoms with Crippen molar-refractivity contribution >= 4 is 23.2 Å². The van der Waals surface area contributed by atoms with E-state index in [0.29, 0.717) is 30.5 Å². The Kier molecular flexibility index (Phi) is 9.06. The van der Waals surface area contributed by atoms with Crippen LogP contribution < -0.4 is 5.32 Å². The summed E-state index contributed by atoms with van der Waals surface area (Å²) in [6, 6.07) is 6.19. The lowest BCUT2D eigenvalue weighted by atomic mass is 9.82. The number of hydrogen-bond donors (Lipinski definition) is 1. The van der Waals surface area contributed by atoms with Gasteiger partial charge in [-0.2, -0.15) is 0 Å². The highest BCUT2D eigenvalue weighted by atomic mass is 35.5. The highest BCUT2D eigenvalue weighted by Crippen LogP contribution is 2.34. The SMILES string of the molecule is C[C@@H](Nc1nc(Cl)nc2c1CC(CCC(=O)C1CCCCOCC1)CC2)c1cccc(C(F)F)c1. The molecule has 5 nitrogen and oxygen atoms in total. The second-order valence-electron chi connectivity index (χ2n) is 9.81. The number of nitrogens with zero attached hydrogens (tertiary/aromatic N) is 2. The summed E-state index contributed by atoms with van der Waals surface area (Å²) in [6.07, 6.45) is 5.36. The molecule has 0 radical (unpaired) electrons. The van der Waals surface area contributed by atoms with Gasteiger partial charge in [-0.05, 0) is 81.0 Å². The summed E-state index contributed by atoms with van der Waals surface area (Å²) in [5, 5.41) is 3.56. The second-order valence-corrected chi connectivity index (χ2v) is 10.1. The van der Waals surface area contributed by atoms with E-state index in [2.05, 4.69) is 15.3 Å². The van der Waals surface area contributed by atoms with Crippen molar-refractivity contribution in [1.29, 1.82) is 0 Å². The van der Waals surface area contributed by atoms with Crippen LogP contribution in [0.1, 0.15) is 86.7 Å². The highest BCUT2D eigenvalue weighted by Gasteiger charge is 2.27. The molecule has 2 unspecified atom stereocenters. The number of anilines is 1. The molecule has 2 heterocycles. The maximum Gasteiger partial charge on any atom is 0.263 e. The lowest BCUT2D eigenvalue weighted by Crippen LogP contribution is -2.23. The Morgan fingerprint density at radius 1 is 1.17 bits per heavy atom. The Morgan fingerprint density at radius 2 is 2.00 bits per heavy atom. The number of hydrogen-bond acceptors (Lipinski definition) is 5. The second kappa shape index (κ2) is 12.2. The van der Waals surface area contributed by atoms with Crippen LogP contribution in [-0.2, 0) is 22.4 Å². The molecule has 35 heavy (non-hydrogen) atoms. The lowest BCUT2D eigenvalue weighted by molar-refractivity contribution is -0.124. The van der Waals surface area contributed by atoms with Gasteiger partial charge >= 0.3 is 0 Å². The molecule has 190 valence electrons. The number of nitrogens with one attached hydrogen (secondary N) is 1. The number of carbonyl (C=O) groups excluding carboxylic acids is 1. The number of ketones is 1. The van der Waals surface area contributed by atoms with Crippen LogP contribution in [-0.4, -0.2) is 29.0 Å². The summed E-state index contributed by atoms with van der Waals surface area (Å²) in [7, 11) is 0. The maximum atomic E-state index is 13.2. The van der Waals surface area contributed by atoms with Gasteiger partial charge in [0.15, 0.2) is 0 Å². The number of ether oxygens (including phenoxy) is 1. The molecule has 3 atom stereocenters. The molecule has 0 saturated carbocycles. The fourth-order valence-electron chi connectivity index (χ4n) is 5.21. The summed E-state index contributed by atoms with van der Waals surface area (Å²) < 4.78 is 31.9. The van der Waals surface area contributed by atoms with Crippen LogP contribution >= 0.6 is 11.6 Å². The predicted octanol–water partition coefficient (Wildman–Crippen LogP) is 6.90. The molecule has 4 rings (SSSR count). The van der Waals surface area contributed by atoms with Crippen molar-refractivity contribution in [2.24, 2.45) is 11.8 Å². The monoisotopic (exact) mass is 505 g/mol. The molecule has 1 aliphatic carbocycles. The van der Waals surface area contributed by atoms with Crippen molar-refractivity contribution in [2.75, 3.05) is 18.5 Å². The zero-order valence-electron chi connectivity index (χ0n) is 20.2. The minimum atomic E-state index is -2.51. The molecule has 0 bridgehead atoms. The zero-order chi connectivity index (χ0) is 24.8. The van der Waals surface area contributed by atoms with Gasteiger partial charge in [-0.15, -0.1) is 0 Å². The minimum Gasteiger partial charge on any atom is -0.381 e. The summed E-state index contributed by atoms with van der Waals surface area (Å²) in [6.45, 7) is 3.41. The van der Waals surface area contributed by atoms with Crippen molar-refractivity contribution in [3.8, 4) is 0 Å². The number of aromatic nitrogens is 2. The molecule has 1 fully saturated rings. The first kappa shape index (κ1) is 26.0. The molecule has 0 spiro atoms. The molecule has 1 saturated heterocycles. The van der Waals surface area contributed by atoms with Crippen molar-refractivity contribution in [3.05, 3.63) is 51.9 Å². The molecule has 1 aromatic heterocycles. The minimum absolute atomic E-state index is 0.000477. The average molecular weight is 506 g/mol. The summed E-state index contributed by atoms with van der Waals surface area (Å²) >= 11 is 6.21. The van der Waals surface area contributed by atoms with E-state index >= 15 is 0 Å². The van der Waals surface area contributed by atoms with E-state index in [4.69, 9.17) is 16.3 Å². The molecular formula is C27H34ClF2N3O2. The smallest absolute Gasteiger partial charge is 0.263 e. The van der Waals surface area contributed by atoms with Gasteiger partial charge in [0.05, 0.1) is 5.69 Å². The number of aryl methyl sites for hydroxylation is 1. The number of halogens is 3. The van der Waals surface area contributed by atoms with Gasteiger partial charge in [-0.3, -0.25) is 4.79 Å². The van der Waals surface area contributed by atoms with Gasteiger partial charge in [0.1, 0.15) is 11.6 Å². The number of Topliss-reactive ketones (excluding diaryl/α,β-unsaturated/α-hetero) is 1. The van der Waals surface area contributed by atoms with E-state index in [1.54, 1.807) is 6.07 Å². The Hall–Kier alpha value is -2.12. The van der Waals surface area contributed by atoms with Gasteiger partial charge < -0.3 is 10.1 Å². The van der Waals surface area contributed by atoms with Crippen LogP contribution in [0.5, 0.6) is 0 Å². The molecule has 1 aliphatic heterocycles. The number of fused-ring (bicyclic) bond motifs is 1. The van der Waals surface area contributed by atoms with Crippen LogP contribution in [0.4, 0.5) is 14.6 Å². The maximum absolute atomic E-state index is 13.2. The summed E-state index contributed by atoms with van der Waals surface area (Å²) in [4.78, 5) is 21.8. The van der Waals surface area contributed by atoms with Crippen molar-refractivity contribution in [2.45, 2.75) is 77.2 Å². The van der Waals surface area contributed by atoms with Crippen molar-refractivity contribution < 1.29 is 18.3 Å². The van der Waals surface area contributed by atoms with E-state index in [1.807, 2.05) is 13.0 Å². The molecule has 8 heteroatoms. The van der Waals surface area contributed by atoms with E-state index in [-0.39, 0.29) is 22.8 Å². The van der Waals surface area contributed by atoms with E-state index in [9.17, 15) is 13.6 Å². The standard InChI is InChI=1S/C27H34ClF2N3O2/c1-17(20-6-4-7-21(16-20)25(29)30)31-26-22-15-18(8-10-23(22)32-27(28)33-26)9-11-24(34)19-5-2-3-13-35-14-12-19/h4,6-7,16-19,25H,2-3,5,8-15H2,1H3,(H,31,32,33)/t17-,18?,19?/m1/s1. The topological polar surface area (TPSA) is 64.1 Å². The molecule has 2 aliphatic rings. The van der Waals surface area contributed by atoms with Crippen molar-refractivity contribution in [1.82, 2.24) is 9.97 Å². The Balaban J connectivity index is 1.41. The van der Waals surface area contributed by atoms with E-state index < -0.39 is 6.43 Å². The van der Waals surface area contributed by atoms with Gasteiger partial charge in [0.25, 0.3) is 6.43 Å². The number of benzene rings is 1. The molecule has 1 aromatic carbocycles. The molecular weight excluding hydrogens is 472 g/mol. The first-order chi connectivity index (χ1) is 16.9. The van der Waals surface area contributed by atoms with Crippen LogP contribution in [0, 0.1) is 11.8 Å². The van der Waals surface area contributed by atoms with E-state index in [0.717, 1.165) is 74.8 Å². The van der Waals surface area contributed by atoms with Gasteiger partial charge in [-0.1, -0.05) is 24.6 Å².